The summed E-state index contributed by atoms with van der Waals surface area (Å²) in [4.78, 5) is 0. The van der Waals surface area contributed by atoms with Crippen molar-refractivity contribution in [1.82, 2.24) is 0 Å². The fourth-order valence-electron chi connectivity index (χ4n) is 4.13. The molecule has 1 aromatic carbocycles. The number of hydrogen-bond donors (Lipinski definition) is 1. The van der Waals surface area contributed by atoms with Gasteiger partial charge in [0.25, 0.3) is 0 Å². The predicted molar refractivity (Wildman–Crippen MR) is 73.5 cm³/mol. The third-order valence-electron chi connectivity index (χ3n) is 4.79. The lowest BCUT2D eigenvalue weighted by molar-refractivity contribution is 0.00153. The monoisotopic (exact) mass is 263 g/mol. The second-order valence-corrected chi connectivity index (χ2v) is 7.11. The Morgan fingerprint density at radius 3 is 2.68 bits per heavy atom. The van der Waals surface area contributed by atoms with Crippen LogP contribution in [-0.4, -0.2) is 5.60 Å². The molecular weight excluding hydrogens is 241 g/mol. The fraction of sp³-hybridized carbons (Fsp3) is 0.625. The summed E-state index contributed by atoms with van der Waals surface area (Å²) in [7, 11) is 0. The van der Waals surface area contributed by atoms with Gasteiger partial charge in [-0.3, -0.25) is 0 Å². The molecule has 2 unspecified atom stereocenters. The van der Waals surface area contributed by atoms with Gasteiger partial charge < -0.3 is 10.5 Å². The molecule has 104 valence electrons. The van der Waals surface area contributed by atoms with Crippen molar-refractivity contribution in [3.05, 3.63) is 29.6 Å². The Kier molecular flexibility index (Phi) is 2.69. The maximum atomic E-state index is 13.4. The van der Waals surface area contributed by atoms with E-state index in [2.05, 4.69) is 20.8 Å². The van der Waals surface area contributed by atoms with Gasteiger partial charge in [-0.05, 0) is 30.2 Å². The minimum atomic E-state index is -0.257. The number of ether oxygens (including phenoxy) is 1. The van der Waals surface area contributed by atoms with Gasteiger partial charge in [0.15, 0.2) is 0 Å². The molecule has 19 heavy (non-hydrogen) atoms. The molecule has 1 aromatic rings. The Hall–Kier alpha value is -1.09. The molecule has 0 amide bonds. The van der Waals surface area contributed by atoms with Crippen LogP contribution in [0.15, 0.2) is 18.2 Å². The molecule has 2 N–H and O–H groups in total. The average Bonchev–Trinajstić information content (AvgIpc) is 2.46. The van der Waals surface area contributed by atoms with Gasteiger partial charge in [0, 0.05) is 24.1 Å². The maximum Gasteiger partial charge on any atom is 0.127 e. The lowest BCUT2D eigenvalue weighted by Gasteiger charge is -2.42. The average molecular weight is 263 g/mol. The van der Waals surface area contributed by atoms with E-state index >= 15 is 0 Å². The zero-order valence-corrected chi connectivity index (χ0v) is 11.9. The predicted octanol–water partition coefficient (Wildman–Crippen LogP) is 3.80. The Balaban J connectivity index is 2.01. The van der Waals surface area contributed by atoms with E-state index in [1.54, 1.807) is 6.07 Å². The standard InChI is InChI=1S/C16H22FNO/c1-10-7-15(2,3)9-16(10)8-13(18)12-5-4-11(17)6-14(12)19-16/h4-6,10,13H,7-9,18H2,1-3H3/t10?,13-,16?/m1/s1. The highest BCUT2D eigenvalue weighted by Gasteiger charge is 2.53. The van der Waals surface area contributed by atoms with Crippen molar-refractivity contribution in [1.29, 1.82) is 0 Å². The summed E-state index contributed by atoms with van der Waals surface area (Å²) in [5.41, 5.74) is 7.28. The summed E-state index contributed by atoms with van der Waals surface area (Å²) in [6.07, 6.45) is 2.95. The zero-order valence-electron chi connectivity index (χ0n) is 11.9. The second kappa shape index (κ2) is 3.95. The fourth-order valence-corrected chi connectivity index (χ4v) is 4.13. The third-order valence-corrected chi connectivity index (χ3v) is 4.79. The van der Waals surface area contributed by atoms with E-state index in [4.69, 9.17) is 10.5 Å². The summed E-state index contributed by atoms with van der Waals surface area (Å²) < 4.78 is 19.7. The molecule has 0 aromatic heterocycles. The van der Waals surface area contributed by atoms with Crippen molar-refractivity contribution in [3.63, 3.8) is 0 Å². The van der Waals surface area contributed by atoms with Gasteiger partial charge in [-0.15, -0.1) is 0 Å². The summed E-state index contributed by atoms with van der Waals surface area (Å²) >= 11 is 0. The zero-order chi connectivity index (χ0) is 13.8. The molecule has 1 heterocycles. The largest absolute Gasteiger partial charge is 0.486 e. The van der Waals surface area contributed by atoms with Crippen molar-refractivity contribution in [2.45, 2.75) is 51.7 Å². The van der Waals surface area contributed by atoms with Crippen molar-refractivity contribution >= 4 is 0 Å². The minimum absolute atomic E-state index is 0.0549. The first-order valence-electron chi connectivity index (χ1n) is 7.05. The first-order valence-corrected chi connectivity index (χ1v) is 7.05. The summed E-state index contributed by atoms with van der Waals surface area (Å²) in [5.74, 6) is 0.834. The van der Waals surface area contributed by atoms with Gasteiger partial charge >= 0.3 is 0 Å². The molecule has 1 saturated carbocycles. The lowest BCUT2D eigenvalue weighted by atomic mass is 9.80. The van der Waals surface area contributed by atoms with Crippen LogP contribution in [0.3, 0.4) is 0 Å². The molecule has 3 atom stereocenters. The SMILES string of the molecule is CC1CC(C)(C)CC12C[C@@H](N)c1ccc(F)cc1O2. The van der Waals surface area contributed by atoms with Crippen LogP contribution in [0.1, 0.15) is 51.6 Å². The number of hydrogen-bond acceptors (Lipinski definition) is 2. The van der Waals surface area contributed by atoms with Gasteiger partial charge in [0.1, 0.15) is 17.2 Å². The van der Waals surface area contributed by atoms with E-state index < -0.39 is 0 Å². The third kappa shape index (κ3) is 2.04. The van der Waals surface area contributed by atoms with Gasteiger partial charge in [0.05, 0.1) is 0 Å². The summed E-state index contributed by atoms with van der Waals surface area (Å²) in [6.45, 7) is 6.77. The van der Waals surface area contributed by atoms with E-state index in [0.29, 0.717) is 11.7 Å². The molecule has 1 fully saturated rings. The van der Waals surface area contributed by atoms with Gasteiger partial charge in [-0.2, -0.15) is 0 Å². The highest BCUT2D eigenvalue weighted by Crippen LogP contribution is 2.55. The number of fused-ring (bicyclic) bond motifs is 1. The van der Waals surface area contributed by atoms with Crippen LogP contribution >= 0.6 is 0 Å². The molecule has 3 rings (SSSR count). The molecule has 3 heteroatoms. The van der Waals surface area contributed by atoms with Crippen LogP contribution in [0.2, 0.25) is 0 Å². The molecule has 0 bridgehead atoms. The Bertz CT molecular complexity index is 513. The van der Waals surface area contributed by atoms with Crippen LogP contribution < -0.4 is 10.5 Å². The maximum absolute atomic E-state index is 13.4. The highest BCUT2D eigenvalue weighted by molar-refractivity contribution is 5.39. The summed E-state index contributed by atoms with van der Waals surface area (Å²) in [6, 6.07) is 4.64. The quantitative estimate of drug-likeness (QED) is 0.772. The van der Waals surface area contributed by atoms with E-state index in [-0.39, 0.29) is 22.9 Å². The van der Waals surface area contributed by atoms with Gasteiger partial charge in [-0.1, -0.05) is 26.8 Å². The molecule has 1 spiro atoms. The first-order chi connectivity index (χ1) is 8.81. The molecule has 1 aliphatic carbocycles. The smallest absolute Gasteiger partial charge is 0.127 e. The van der Waals surface area contributed by atoms with Crippen molar-refractivity contribution < 1.29 is 9.13 Å². The molecule has 0 radical (unpaired) electrons. The number of nitrogens with two attached hydrogens (primary N) is 1. The second-order valence-electron chi connectivity index (χ2n) is 7.11. The van der Waals surface area contributed by atoms with Crippen molar-refractivity contribution in [2.24, 2.45) is 17.1 Å². The normalized spacial score (nSPS) is 36.1. The Morgan fingerprint density at radius 2 is 2.05 bits per heavy atom. The molecule has 2 aliphatic rings. The number of halogens is 1. The van der Waals surface area contributed by atoms with Crippen LogP contribution in [0.4, 0.5) is 4.39 Å². The van der Waals surface area contributed by atoms with Crippen molar-refractivity contribution in [2.75, 3.05) is 0 Å². The Labute approximate surface area is 114 Å². The molecule has 2 nitrogen and oxygen atoms in total. The van der Waals surface area contributed by atoms with Crippen molar-refractivity contribution in [3.8, 4) is 5.75 Å². The first kappa shape index (κ1) is 12.9. The number of rotatable bonds is 0. The number of benzene rings is 1. The molecule has 0 saturated heterocycles. The minimum Gasteiger partial charge on any atom is -0.486 e. The van der Waals surface area contributed by atoms with E-state index in [1.165, 1.54) is 12.1 Å². The van der Waals surface area contributed by atoms with Gasteiger partial charge in [0.2, 0.25) is 0 Å². The van der Waals surface area contributed by atoms with E-state index in [0.717, 1.165) is 24.8 Å². The lowest BCUT2D eigenvalue weighted by Crippen LogP contribution is -2.45. The molecule has 1 aliphatic heterocycles. The van der Waals surface area contributed by atoms with Crippen LogP contribution in [0.25, 0.3) is 0 Å². The van der Waals surface area contributed by atoms with E-state index in [1.807, 2.05) is 0 Å². The van der Waals surface area contributed by atoms with Crippen LogP contribution in [0.5, 0.6) is 5.75 Å². The van der Waals surface area contributed by atoms with Crippen LogP contribution in [-0.2, 0) is 0 Å². The van der Waals surface area contributed by atoms with Gasteiger partial charge in [-0.25, -0.2) is 4.39 Å². The highest BCUT2D eigenvalue weighted by atomic mass is 19.1. The van der Waals surface area contributed by atoms with Crippen LogP contribution in [0, 0.1) is 17.2 Å². The summed E-state index contributed by atoms with van der Waals surface area (Å²) in [5, 5.41) is 0. The van der Waals surface area contributed by atoms with E-state index in [9.17, 15) is 4.39 Å². The topological polar surface area (TPSA) is 35.2 Å². The molecular formula is C16H22FNO. The Morgan fingerprint density at radius 1 is 1.32 bits per heavy atom.